The van der Waals surface area contributed by atoms with Crippen molar-refractivity contribution >= 4 is 10.1 Å². The molecule has 5 rings (SSSR count). The van der Waals surface area contributed by atoms with Crippen molar-refractivity contribution in [1.29, 1.82) is 0 Å². The van der Waals surface area contributed by atoms with E-state index in [9.17, 15) is 8.42 Å². The molecule has 5 nitrogen and oxygen atoms in total. The van der Waals surface area contributed by atoms with E-state index < -0.39 is 16.2 Å². The summed E-state index contributed by atoms with van der Waals surface area (Å²) in [6.45, 7) is 1.85. The first kappa shape index (κ1) is 23.1. The number of fused-ring (bicyclic) bond motifs is 1. The average Bonchev–Trinajstić information content (AvgIpc) is 3.31. The van der Waals surface area contributed by atoms with Crippen LogP contribution in [0.5, 0.6) is 11.5 Å². The van der Waals surface area contributed by atoms with Crippen LogP contribution in [0.4, 0.5) is 0 Å². The van der Waals surface area contributed by atoms with Crippen molar-refractivity contribution < 1.29 is 22.1 Å². The normalized spacial score (nSPS) is 14.9. The van der Waals surface area contributed by atoms with Crippen LogP contribution < -0.4 is 9.47 Å². The van der Waals surface area contributed by atoms with E-state index in [1.807, 2.05) is 49.4 Å². The van der Waals surface area contributed by atoms with Crippen LogP contribution >= 0.6 is 0 Å². The van der Waals surface area contributed by atoms with Gasteiger partial charge >= 0.3 is 0 Å². The Bertz CT molecular complexity index is 1430. The lowest BCUT2D eigenvalue weighted by Gasteiger charge is -2.14. The van der Waals surface area contributed by atoms with E-state index in [-0.39, 0.29) is 11.5 Å². The molecule has 1 unspecified atom stereocenters. The Labute approximate surface area is 206 Å². The maximum Gasteiger partial charge on any atom is 0.297 e. The van der Waals surface area contributed by atoms with Crippen LogP contribution in [0.2, 0.25) is 0 Å². The summed E-state index contributed by atoms with van der Waals surface area (Å²) in [5.41, 5.74) is 6.14. The summed E-state index contributed by atoms with van der Waals surface area (Å²) in [5.74, 6) is 1.54. The maximum atomic E-state index is 12.7. The fourth-order valence-corrected chi connectivity index (χ4v) is 5.18. The Hall–Kier alpha value is -3.61. The number of benzene rings is 4. The molecule has 0 saturated heterocycles. The predicted octanol–water partition coefficient (Wildman–Crippen LogP) is 6.05. The lowest BCUT2D eigenvalue weighted by atomic mass is 9.94. The van der Waals surface area contributed by atoms with Crippen LogP contribution in [0.25, 0.3) is 22.3 Å². The fourth-order valence-electron chi connectivity index (χ4n) is 4.25. The molecule has 0 spiro atoms. The zero-order valence-electron chi connectivity index (χ0n) is 19.6. The minimum atomic E-state index is -3.87. The van der Waals surface area contributed by atoms with Crippen molar-refractivity contribution in [3.63, 3.8) is 0 Å². The zero-order valence-corrected chi connectivity index (χ0v) is 20.4. The second-order valence-corrected chi connectivity index (χ2v) is 10.2. The molecule has 0 amide bonds. The molecule has 0 N–H and O–H groups in total. The molecule has 0 aromatic heterocycles. The third-order valence-electron chi connectivity index (χ3n) is 6.12. The fraction of sp³-hybridized carbons (Fsp3) is 0.172. The molecule has 1 heterocycles. The van der Waals surface area contributed by atoms with Gasteiger partial charge in [-0.15, -0.1) is 0 Å². The first-order valence-electron chi connectivity index (χ1n) is 11.4. The van der Waals surface area contributed by atoms with Gasteiger partial charge in [-0.1, -0.05) is 60.2 Å². The molecule has 0 saturated carbocycles. The van der Waals surface area contributed by atoms with E-state index in [1.54, 1.807) is 31.4 Å². The van der Waals surface area contributed by atoms with Crippen LogP contribution in [-0.4, -0.2) is 28.2 Å². The number of rotatable bonds is 7. The van der Waals surface area contributed by atoms with Crippen LogP contribution in [-0.2, 0) is 20.7 Å². The minimum absolute atomic E-state index is 0.0619. The van der Waals surface area contributed by atoms with Gasteiger partial charge < -0.3 is 9.47 Å². The Morgan fingerprint density at radius 2 is 1.57 bits per heavy atom. The molecule has 4 aromatic carbocycles. The second-order valence-electron chi connectivity index (χ2n) is 8.60. The molecule has 0 fully saturated rings. The largest absolute Gasteiger partial charge is 0.497 e. The van der Waals surface area contributed by atoms with Gasteiger partial charge in [0, 0.05) is 12.0 Å². The first-order chi connectivity index (χ1) is 16.9. The lowest BCUT2D eigenvalue weighted by Crippen LogP contribution is -2.23. The van der Waals surface area contributed by atoms with E-state index >= 15 is 0 Å². The van der Waals surface area contributed by atoms with Crippen molar-refractivity contribution in [3.05, 3.63) is 102 Å². The van der Waals surface area contributed by atoms with Crippen molar-refractivity contribution in [1.82, 2.24) is 0 Å². The van der Waals surface area contributed by atoms with Gasteiger partial charge in [-0.3, -0.25) is 4.18 Å². The smallest absolute Gasteiger partial charge is 0.297 e. The van der Waals surface area contributed by atoms with Gasteiger partial charge in [0.05, 0.1) is 12.0 Å². The third kappa shape index (κ3) is 4.94. The van der Waals surface area contributed by atoms with Gasteiger partial charge in [0.2, 0.25) is 0 Å². The van der Waals surface area contributed by atoms with Crippen molar-refractivity contribution in [3.8, 4) is 33.8 Å². The summed E-state index contributed by atoms with van der Waals surface area (Å²) >= 11 is 0. The molecule has 0 radical (unpaired) electrons. The summed E-state index contributed by atoms with van der Waals surface area (Å²) < 4.78 is 42.3. The molecule has 1 aliphatic heterocycles. The predicted molar refractivity (Wildman–Crippen MR) is 136 cm³/mol. The van der Waals surface area contributed by atoms with Gasteiger partial charge in [0.15, 0.2) is 0 Å². The molecule has 35 heavy (non-hydrogen) atoms. The number of ether oxygens (including phenoxy) is 2. The highest BCUT2D eigenvalue weighted by molar-refractivity contribution is 7.86. The van der Waals surface area contributed by atoms with Crippen molar-refractivity contribution in [2.45, 2.75) is 24.3 Å². The monoisotopic (exact) mass is 486 g/mol. The number of methoxy groups -OCH3 is 1. The standard InChI is InChI=1S/C29H26O5S/c1-20-8-14-27(15-9-20)35(30,31)33-19-26-17-24-16-23(21-6-4-3-5-7-21)18-28(29(24)34-26)22-10-12-25(32-2)13-11-22/h3-16,18,26H,17,19H2,1-2H3. The maximum absolute atomic E-state index is 12.7. The minimum Gasteiger partial charge on any atom is -0.497 e. The molecular weight excluding hydrogens is 460 g/mol. The van der Waals surface area contributed by atoms with Crippen molar-refractivity contribution in [2.75, 3.05) is 13.7 Å². The Balaban J connectivity index is 1.44. The van der Waals surface area contributed by atoms with E-state index in [2.05, 4.69) is 24.3 Å². The molecule has 178 valence electrons. The van der Waals surface area contributed by atoms with E-state index in [0.717, 1.165) is 44.9 Å². The average molecular weight is 487 g/mol. The van der Waals surface area contributed by atoms with Crippen LogP contribution in [0, 0.1) is 6.92 Å². The molecule has 1 atom stereocenters. The quantitative estimate of drug-likeness (QED) is 0.298. The molecule has 0 aliphatic carbocycles. The number of hydrogen-bond donors (Lipinski definition) is 0. The zero-order chi connectivity index (χ0) is 24.4. The summed E-state index contributed by atoms with van der Waals surface area (Å²) in [5, 5.41) is 0. The van der Waals surface area contributed by atoms with Gasteiger partial charge in [0.1, 0.15) is 24.2 Å². The van der Waals surface area contributed by atoms with Gasteiger partial charge in [-0.05, 0) is 65.6 Å². The highest BCUT2D eigenvalue weighted by Crippen LogP contribution is 2.42. The highest BCUT2D eigenvalue weighted by Gasteiger charge is 2.29. The van der Waals surface area contributed by atoms with Crippen LogP contribution in [0.1, 0.15) is 11.1 Å². The Morgan fingerprint density at radius 1 is 0.857 bits per heavy atom. The third-order valence-corrected chi connectivity index (χ3v) is 7.42. The van der Waals surface area contributed by atoms with Gasteiger partial charge in [-0.2, -0.15) is 8.42 Å². The van der Waals surface area contributed by atoms with Crippen LogP contribution in [0.15, 0.2) is 95.9 Å². The summed E-state index contributed by atoms with van der Waals surface area (Å²) in [6, 6.07) is 28.9. The molecule has 4 aromatic rings. The number of aryl methyl sites for hydroxylation is 1. The van der Waals surface area contributed by atoms with Crippen molar-refractivity contribution in [2.24, 2.45) is 0 Å². The molecule has 1 aliphatic rings. The van der Waals surface area contributed by atoms with Gasteiger partial charge in [-0.25, -0.2) is 0 Å². The first-order valence-corrected chi connectivity index (χ1v) is 12.8. The topological polar surface area (TPSA) is 61.8 Å². The molecular formula is C29H26O5S. The van der Waals surface area contributed by atoms with E-state index in [4.69, 9.17) is 13.7 Å². The molecule has 6 heteroatoms. The number of hydrogen-bond acceptors (Lipinski definition) is 5. The summed E-state index contributed by atoms with van der Waals surface area (Å²) in [4.78, 5) is 0.142. The Morgan fingerprint density at radius 3 is 2.26 bits per heavy atom. The Kier molecular flexibility index (Phi) is 6.32. The van der Waals surface area contributed by atoms with Crippen LogP contribution in [0.3, 0.4) is 0 Å². The summed E-state index contributed by atoms with van der Waals surface area (Å²) in [6.07, 6.45) is 0.149. The van der Waals surface area contributed by atoms with Gasteiger partial charge in [0.25, 0.3) is 10.1 Å². The highest BCUT2D eigenvalue weighted by atomic mass is 32.2. The second kappa shape index (κ2) is 9.56. The molecule has 0 bridgehead atoms. The SMILES string of the molecule is COc1ccc(-c2cc(-c3ccccc3)cc3c2OC(COS(=O)(=O)c2ccc(C)cc2)C3)cc1. The van der Waals surface area contributed by atoms with E-state index in [1.165, 1.54) is 0 Å². The van der Waals surface area contributed by atoms with E-state index in [0.29, 0.717) is 6.42 Å². The summed E-state index contributed by atoms with van der Waals surface area (Å²) in [7, 11) is -2.23. The lowest BCUT2D eigenvalue weighted by molar-refractivity contribution is 0.152.